The first-order valence-corrected chi connectivity index (χ1v) is 10.0. The summed E-state index contributed by atoms with van der Waals surface area (Å²) in [4.78, 5) is 26.1. The molecule has 0 fully saturated rings. The molecule has 0 aromatic heterocycles. The van der Waals surface area contributed by atoms with Crippen LogP contribution in [-0.4, -0.2) is 23.3 Å². The zero-order valence-electron chi connectivity index (χ0n) is 15.2. The van der Waals surface area contributed by atoms with E-state index in [1.54, 1.807) is 11.0 Å². The molecule has 2 rings (SSSR count). The van der Waals surface area contributed by atoms with E-state index in [1.165, 1.54) is 39.0 Å². The fourth-order valence-electron chi connectivity index (χ4n) is 3.50. The monoisotopic (exact) mass is 409 g/mol. The predicted molar refractivity (Wildman–Crippen MR) is 104 cm³/mol. The van der Waals surface area contributed by atoms with Crippen LogP contribution in [0.2, 0.25) is 0 Å². The normalized spacial score (nSPS) is 19.4. The van der Waals surface area contributed by atoms with Gasteiger partial charge in [0.2, 0.25) is 0 Å². The molecule has 1 N–H and O–H groups in total. The second kappa shape index (κ2) is 8.95. The molecular weight excluding hydrogens is 382 g/mol. The van der Waals surface area contributed by atoms with Crippen LogP contribution in [0, 0.1) is 0 Å². The molecule has 0 aliphatic carbocycles. The van der Waals surface area contributed by atoms with Crippen LogP contribution in [0.3, 0.4) is 0 Å². The van der Waals surface area contributed by atoms with E-state index in [4.69, 9.17) is 0 Å². The third kappa shape index (κ3) is 4.70. The molecule has 0 saturated heterocycles. The lowest BCUT2D eigenvalue weighted by atomic mass is 9.90. The van der Waals surface area contributed by atoms with Gasteiger partial charge in [0, 0.05) is 23.0 Å². The maximum Gasteiger partial charge on any atom is 0.264 e. The van der Waals surface area contributed by atoms with Crippen molar-refractivity contribution in [2.45, 2.75) is 70.8 Å². The number of rotatable bonds is 10. The van der Waals surface area contributed by atoms with Gasteiger partial charge in [-0.1, -0.05) is 61.4 Å². The van der Waals surface area contributed by atoms with Gasteiger partial charge in [-0.25, -0.2) is 0 Å². The predicted octanol–water partition coefficient (Wildman–Crippen LogP) is 4.71. The molecular formula is C20H28BrNO3. The molecule has 0 bridgehead atoms. The van der Waals surface area contributed by atoms with Crippen LogP contribution in [0.15, 0.2) is 22.7 Å². The minimum atomic E-state index is -1.73. The molecule has 138 valence electrons. The number of unbranched alkanes of at least 4 members (excludes halogenated alkanes) is 6. The summed E-state index contributed by atoms with van der Waals surface area (Å²) in [6.45, 7) is 4.19. The second-order valence-corrected chi connectivity index (χ2v) is 7.89. The number of hydrogen-bond donors (Lipinski definition) is 1. The van der Waals surface area contributed by atoms with E-state index in [1.807, 2.05) is 12.1 Å². The highest BCUT2D eigenvalue weighted by Crippen LogP contribution is 2.43. The Labute approximate surface area is 158 Å². The molecule has 1 aliphatic rings. The minimum Gasteiger partial charge on any atom is -0.375 e. The Morgan fingerprint density at radius 2 is 1.80 bits per heavy atom. The van der Waals surface area contributed by atoms with Crippen molar-refractivity contribution in [1.82, 2.24) is 0 Å². The van der Waals surface area contributed by atoms with Crippen LogP contribution < -0.4 is 4.90 Å². The van der Waals surface area contributed by atoms with Crippen LogP contribution in [0.4, 0.5) is 5.69 Å². The van der Waals surface area contributed by atoms with Gasteiger partial charge < -0.3 is 10.0 Å². The standard InChI is InChI=1S/C20H28BrNO3/c1-3-4-5-6-7-8-9-12-22-18-11-10-16(21)13-17(18)20(25,19(22)24)14-15(2)23/h10-11,13,25H,3-9,12,14H2,1-2H3. The van der Waals surface area contributed by atoms with Crippen molar-refractivity contribution in [3.8, 4) is 0 Å². The second-order valence-electron chi connectivity index (χ2n) is 6.98. The highest BCUT2D eigenvalue weighted by Gasteiger charge is 2.50. The molecule has 1 aliphatic heterocycles. The van der Waals surface area contributed by atoms with Crippen molar-refractivity contribution in [2.24, 2.45) is 0 Å². The Morgan fingerprint density at radius 1 is 1.16 bits per heavy atom. The van der Waals surface area contributed by atoms with Crippen molar-refractivity contribution in [2.75, 3.05) is 11.4 Å². The summed E-state index contributed by atoms with van der Waals surface area (Å²) in [5, 5.41) is 10.9. The Hall–Kier alpha value is -1.20. The van der Waals surface area contributed by atoms with Crippen LogP contribution in [-0.2, 0) is 15.2 Å². The molecule has 1 amide bonds. The average molecular weight is 410 g/mol. The van der Waals surface area contributed by atoms with Gasteiger partial charge in [0.15, 0.2) is 5.60 Å². The Kier molecular flexibility index (Phi) is 7.20. The first kappa shape index (κ1) is 20.1. The number of halogens is 1. The highest BCUT2D eigenvalue weighted by molar-refractivity contribution is 9.10. The largest absolute Gasteiger partial charge is 0.375 e. The summed E-state index contributed by atoms with van der Waals surface area (Å²) in [6.07, 6.45) is 8.01. The molecule has 25 heavy (non-hydrogen) atoms. The van der Waals surface area contributed by atoms with Crippen LogP contribution in [0.25, 0.3) is 0 Å². The van der Waals surface area contributed by atoms with Crippen LogP contribution in [0.1, 0.15) is 70.8 Å². The van der Waals surface area contributed by atoms with Crippen molar-refractivity contribution < 1.29 is 14.7 Å². The summed E-state index contributed by atoms with van der Waals surface area (Å²) < 4.78 is 0.791. The highest BCUT2D eigenvalue weighted by atomic mass is 79.9. The van der Waals surface area contributed by atoms with Gasteiger partial charge in [-0.3, -0.25) is 9.59 Å². The number of carbonyl (C=O) groups excluding carboxylic acids is 2. The molecule has 1 aromatic rings. The number of amides is 1. The van der Waals surface area contributed by atoms with Crippen LogP contribution in [0.5, 0.6) is 0 Å². The van der Waals surface area contributed by atoms with Gasteiger partial charge in [0.25, 0.3) is 5.91 Å². The summed E-state index contributed by atoms with van der Waals surface area (Å²) in [5.41, 5.74) is -0.473. The number of benzene rings is 1. The summed E-state index contributed by atoms with van der Waals surface area (Å²) in [7, 11) is 0. The third-order valence-electron chi connectivity index (χ3n) is 4.78. The fourth-order valence-corrected chi connectivity index (χ4v) is 3.86. The van der Waals surface area contributed by atoms with Gasteiger partial charge in [-0.15, -0.1) is 0 Å². The Bertz CT molecular complexity index is 631. The smallest absolute Gasteiger partial charge is 0.264 e. The lowest BCUT2D eigenvalue weighted by Crippen LogP contribution is -2.41. The van der Waals surface area contributed by atoms with Gasteiger partial charge in [-0.2, -0.15) is 0 Å². The zero-order chi connectivity index (χ0) is 18.4. The van der Waals surface area contributed by atoms with E-state index in [2.05, 4.69) is 22.9 Å². The van der Waals surface area contributed by atoms with E-state index >= 15 is 0 Å². The van der Waals surface area contributed by atoms with E-state index in [0.29, 0.717) is 12.1 Å². The molecule has 1 heterocycles. The molecule has 5 heteroatoms. The molecule has 0 saturated carbocycles. The fraction of sp³-hybridized carbons (Fsp3) is 0.600. The first-order chi connectivity index (χ1) is 11.9. The molecule has 1 atom stereocenters. The number of Topliss-reactive ketones (excluding diaryl/α,β-unsaturated/α-hetero) is 1. The average Bonchev–Trinajstić information content (AvgIpc) is 2.75. The number of nitrogens with zero attached hydrogens (tertiary/aromatic N) is 1. The van der Waals surface area contributed by atoms with E-state index in [9.17, 15) is 14.7 Å². The number of carbonyl (C=O) groups is 2. The zero-order valence-corrected chi connectivity index (χ0v) is 16.8. The summed E-state index contributed by atoms with van der Waals surface area (Å²) >= 11 is 3.39. The van der Waals surface area contributed by atoms with Gasteiger partial charge in [0.05, 0.1) is 5.69 Å². The Morgan fingerprint density at radius 3 is 2.44 bits per heavy atom. The summed E-state index contributed by atoms with van der Waals surface area (Å²) in [6, 6.07) is 5.46. The lowest BCUT2D eigenvalue weighted by molar-refractivity contribution is -0.141. The SMILES string of the molecule is CCCCCCCCCN1C(=O)C(O)(CC(C)=O)c2cc(Br)ccc21. The minimum absolute atomic E-state index is 0.178. The van der Waals surface area contributed by atoms with Crippen LogP contribution >= 0.6 is 15.9 Å². The first-order valence-electron chi connectivity index (χ1n) is 9.24. The number of anilines is 1. The molecule has 0 spiro atoms. The maximum atomic E-state index is 12.8. The molecule has 4 nitrogen and oxygen atoms in total. The van der Waals surface area contributed by atoms with Gasteiger partial charge in [0.1, 0.15) is 5.78 Å². The topological polar surface area (TPSA) is 57.6 Å². The number of ketones is 1. The van der Waals surface area contributed by atoms with E-state index in [-0.39, 0.29) is 18.1 Å². The quantitative estimate of drug-likeness (QED) is 0.569. The van der Waals surface area contributed by atoms with Crippen molar-refractivity contribution in [3.05, 3.63) is 28.2 Å². The Balaban J connectivity index is 2.05. The van der Waals surface area contributed by atoms with Crippen molar-refractivity contribution in [1.29, 1.82) is 0 Å². The van der Waals surface area contributed by atoms with E-state index < -0.39 is 5.60 Å². The molecule has 0 radical (unpaired) electrons. The van der Waals surface area contributed by atoms with E-state index in [0.717, 1.165) is 23.0 Å². The molecule has 1 aromatic carbocycles. The van der Waals surface area contributed by atoms with Gasteiger partial charge in [-0.05, 0) is 31.5 Å². The third-order valence-corrected chi connectivity index (χ3v) is 5.28. The number of fused-ring (bicyclic) bond motifs is 1. The maximum absolute atomic E-state index is 12.8. The van der Waals surface area contributed by atoms with Gasteiger partial charge >= 0.3 is 0 Å². The number of hydrogen-bond acceptors (Lipinski definition) is 3. The lowest BCUT2D eigenvalue weighted by Gasteiger charge is -2.22. The van der Waals surface area contributed by atoms with Crippen molar-refractivity contribution in [3.63, 3.8) is 0 Å². The molecule has 1 unspecified atom stereocenters. The number of aliphatic hydroxyl groups is 1. The summed E-state index contributed by atoms with van der Waals surface area (Å²) in [5.74, 6) is -0.568. The van der Waals surface area contributed by atoms with Crippen molar-refractivity contribution >= 4 is 33.3 Å².